The number of thiocarbonyl (C=S) groups is 1. The molecule has 1 aromatic carbocycles. The maximum Gasteiger partial charge on any atom is 0.257 e. The molecule has 2 aromatic rings. The first-order chi connectivity index (χ1) is 10.0. The van der Waals surface area contributed by atoms with Gasteiger partial charge in [-0.05, 0) is 31.5 Å². The Bertz CT molecular complexity index is 700. The zero-order valence-corrected chi connectivity index (χ0v) is 12.7. The van der Waals surface area contributed by atoms with Crippen LogP contribution in [0.25, 0.3) is 0 Å². The van der Waals surface area contributed by atoms with Crippen LogP contribution in [0.15, 0.2) is 30.3 Å². The summed E-state index contributed by atoms with van der Waals surface area (Å²) < 4.78 is 0. The highest BCUT2D eigenvalue weighted by atomic mass is 32.1. The Hall–Kier alpha value is -2.34. The zero-order chi connectivity index (χ0) is 15.4. The summed E-state index contributed by atoms with van der Waals surface area (Å²) in [6.45, 7) is 3.73. The van der Waals surface area contributed by atoms with Gasteiger partial charge in [-0.15, -0.1) is 0 Å². The number of carbonyl (C=O) groups excluding carboxylic acids is 1. The fourth-order valence-electron chi connectivity index (χ4n) is 1.97. The van der Waals surface area contributed by atoms with Gasteiger partial charge in [-0.1, -0.05) is 31.3 Å². The molecule has 0 aliphatic rings. The van der Waals surface area contributed by atoms with Crippen LogP contribution in [-0.4, -0.2) is 21.1 Å². The average Bonchev–Trinajstić information content (AvgIpc) is 2.47. The molecule has 6 heteroatoms. The van der Waals surface area contributed by atoms with Gasteiger partial charge in [0.25, 0.3) is 5.91 Å². The zero-order valence-electron chi connectivity index (χ0n) is 11.9. The lowest BCUT2D eigenvalue weighted by Crippen LogP contribution is -2.19. The number of aryl methyl sites for hydroxylation is 2. The third kappa shape index (κ3) is 3.41. The quantitative estimate of drug-likeness (QED) is 0.846. The number of nitrogens with one attached hydrogen (secondary N) is 1. The van der Waals surface area contributed by atoms with Crippen LogP contribution in [0.4, 0.5) is 5.69 Å². The van der Waals surface area contributed by atoms with E-state index >= 15 is 0 Å². The molecule has 0 radical (unpaired) electrons. The van der Waals surface area contributed by atoms with Gasteiger partial charge in [0.1, 0.15) is 4.99 Å². The van der Waals surface area contributed by atoms with Crippen LogP contribution in [0.2, 0.25) is 0 Å². The van der Waals surface area contributed by atoms with Crippen molar-refractivity contribution in [2.45, 2.75) is 20.3 Å². The number of nitrogens with two attached hydrogens (primary N) is 1. The van der Waals surface area contributed by atoms with Crippen LogP contribution in [0.3, 0.4) is 0 Å². The summed E-state index contributed by atoms with van der Waals surface area (Å²) in [4.78, 5) is 12.7. The Balaban J connectivity index is 2.35. The second-order valence-corrected chi connectivity index (χ2v) is 5.00. The van der Waals surface area contributed by atoms with E-state index in [9.17, 15) is 4.79 Å². The number of aromatic nitrogens is 2. The Labute approximate surface area is 128 Å². The van der Waals surface area contributed by atoms with E-state index in [1.807, 2.05) is 19.1 Å². The summed E-state index contributed by atoms with van der Waals surface area (Å²) in [5, 5.41) is 10.9. The molecule has 1 amide bonds. The Kier molecular flexibility index (Phi) is 4.59. The minimum atomic E-state index is -0.242. The molecule has 108 valence electrons. The van der Waals surface area contributed by atoms with Crippen molar-refractivity contribution in [2.24, 2.45) is 5.73 Å². The van der Waals surface area contributed by atoms with E-state index < -0.39 is 0 Å². The minimum absolute atomic E-state index is 0.241. The van der Waals surface area contributed by atoms with Gasteiger partial charge in [0.2, 0.25) is 0 Å². The fourth-order valence-corrected chi connectivity index (χ4v) is 2.15. The predicted octanol–water partition coefficient (Wildman–Crippen LogP) is 2.23. The normalized spacial score (nSPS) is 10.2. The summed E-state index contributed by atoms with van der Waals surface area (Å²) in [6.07, 6.45) is 0.632. The van der Waals surface area contributed by atoms with E-state index in [1.165, 1.54) is 0 Å². The predicted molar refractivity (Wildman–Crippen MR) is 86.4 cm³/mol. The van der Waals surface area contributed by atoms with E-state index in [1.54, 1.807) is 25.1 Å². The van der Waals surface area contributed by atoms with Crippen LogP contribution in [0.5, 0.6) is 0 Å². The van der Waals surface area contributed by atoms with Crippen molar-refractivity contribution >= 4 is 28.8 Å². The van der Waals surface area contributed by atoms with Gasteiger partial charge >= 0.3 is 0 Å². The van der Waals surface area contributed by atoms with Crippen molar-refractivity contribution in [2.75, 3.05) is 5.32 Å². The summed E-state index contributed by atoms with van der Waals surface area (Å²) in [5.74, 6) is -0.242. The van der Waals surface area contributed by atoms with Crippen LogP contribution < -0.4 is 11.1 Å². The van der Waals surface area contributed by atoms with E-state index in [4.69, 9.17) is 18.0 Å². The topological polar surface area (TPSA) is 80.9 Å². The van der Waals surface area contributed by atoms with Crippen molar-refractivity contribution in [1.82, 2.24) is 10.2 Å². The monoisotopic (exact) mass is 300 g/mol. The smallest absolute Gasteiger partial charge is 0.257 e. The molecule has 0 saturated heterocycles. The number of nitrogens with zero attached hydrogens (tertiary/aromatic N) is 2. The van der Waals surface area contributed by atoms with Crippen LogP contribution in [0, 0.1) is 6.92 Å². The molecule has 0 atom stereocenters. The molecule has 2 rings (SSSR count). The largest absolute Gasteiger partial charge is 0.389 e. The third-order valence-electron chi connectivity index (χ3n) is 3.01. The first-order valence-electron chi connectivity index (χ1n) is 6.56. The Morgan fingerprint density at radius 2 is 2.00 bits per heavy atom. The molecule has 1 heterocycles. The molecule has 1 aromatic heterocycles. The van der Waals surface area contributed by atoms with E-state index in [-0.39, 0.29) is 10.9 Å². The number of hydrogen-bond acceptors (Lipinski definition) is 4. The van der Waals surface area contributed by atoms with Crippen molar-refractivity contribution in [1.29, 1.82) is 0 Å². The Morgan fingerprint density at radius 3 is 2.67 bits per heavy atom. The van der Waals surface area contributed by atoms with Gasteiger partial charge in [-0.3, -0.25) is 4.79 Å². The molecule has 21 heavy (non-hydrogen) atoms. The number of hydrogen-bond donors (Lipinski definition) is 2. The molecule has 0 unspecified atom stereocenters. The van der Waals surface area contributed by atoms with Crippen molar-refractivity contribution < 1.29 is 4.79 Å². The summed E-state index contributed by atoms with van der Waals surface area (Å²) in [6, 6.07) is 8.90. The molecule has 0 aliphatic carbocycles. The van der Waals surface area contributed by atoms with Crippen molar-refractivity contribution in [3.05, 3.63) is 52.8 Å². The van der Waals surface area contributed by atoms with Gasteiger partial charge in [-0.2, -0.15) is 10.2 Å². The molecule has 0 aliphatic heterocycles. The Morgan fingerprint density at radius 1 is 1.29 bits per heavy atom. The highest BCUT2D eigenvalue weighted by molar-refractivity contribution is 7.80. The molecular formula is C15H16N4OS. The van der Waals surface area contributed by atoms with Gasteiger partial charge in [0.15, 0.2) is 0 Å². The summed E-state index contributed by atoms with van der Waals surface area (Å²) in [5.41, 5.74) is 8.76. The lowest BCUT2D eigenvalue weighted by molar-refractivity contribution is 0.102. The number of anilines is 1. The van der Waals surface area contributed by atoms with Gasteiger partial charge < -0.3 is 11.1 Å². The summed E-state index contributed by atoms with van der Waals surface area (Å²) in [7, 11) is 0. The van der Waals surface area contributed by atoms with E-state index in [0.717, 1.165) is 0 Å². The van der Waals surface area contributed by atoms with Crippen LogP contribution in [0.1, 0.15) is 34.2 Å². The second-order valence-electron chi connectivity index (χ2n) is 4.56. The molecular weight excluding hydrogens is 284 g/mol. The number of benzene rings is 1. The molecule has 0 bridgehead atoms. The summed E-state index contributed by atoms with van der Waals surface area (Å²) >= 11 is 4.99. The van der Waals surface area contributed by atoms with Gasteiger partial charge in [-0.25, -0.2) is 0 Å². The van der Waals surface area contributed by atoms with Gasteiger partial charge in [0, 0.05) is 5.56 Å². The van der Waals surface area contributed by atoms with E-state index in [2.05, 4.69) is 15.5 Å². The van der Waals surface area contributed by atoms with Crippen molar-refractivity contribution in [3.8, 4) is 0 Å². The van der Waals surface area contributed by atoms with E-state index in [0.29, 0.717) is 34.6 Å². The number of amides is 1. The maximum absolute atomic E-state index is 12.5. The van der Waals surface area contributed by atoms with Gasteiger partial charge in [0.05, 0.1) is 22.6 Å². The highest BCUT2D eigenvalue weighted by Crippen LogP contribution is 2.17. The fraction of sp³-hybridized carbons (Fsp3) is 0.200. The number of para-hydroxylation sites is 1. The van der Waals surface area contributed by atoms with Crippen LogP contribution >= 0.6 is 12.2 Å². The van der Waals surface area contributed by atoms with Crippen LogP contribution in [-0.2, 0) is 6.42 Å². The molecule has 0 spiro atoms. The highest BCUT2D eigenvalue weighted by Gasteiger charge is 2.15. The SMILES string of the molecule is CCc1nnc(C)cc1C(=O)Nc1ccccc1C(N)=S. The lowest BCUT2D eigenvalue weighted by Gasteiger charge is -2.11. The molecule has 3 N–H and O–H groups in total. The van der Waals surface area contributed by atoms with Crippen molar-refractivity contribution in [3.63, 3.8) is 0 Å². The second kappa shape index (κ2) is 6.41. The number of carbonyl (C=O) groups is 1. The molecule has 5 nitrogen and oxygen atoms in total. The molecule has 0 saturated carbocycles. The molecule has 0 fully saturated rings. The average molecular weight is 300 g/mol. The lowest BCUT2D eigenvalue weighted by atomic mass is 10.1. The maximum atomic E-state index is 12.5. The number of rotatable bonds is 4. The minimum Gasteiger partial charge on any atom is -0.389 e. The first-order valence-corrected chi connectivity index (χ1v) is 6.97. The first kappa shape index (κ1) is 15.1. The third-order valence-corrected chi connectivity index (χ3v) is 3.23. The standard InChI is InChI=1S/C15H16N4OS/c1-3-12-11(8-9(2)18-19-12)15(20)17-13-7-5-4-6-10(13)14(16)21/h4-8H,3H2,1-2H3,(H2,16,21)(H,17,20).